The van der Waals surface area contributed by atoms with Crippen molar-refractivity contribution in [2.75, 3.05) is 0 Å². The number of rotatable bonds is 1. The normalized spacial score (nSPS) is 36.7. The van der Waals surface area contributed by atoms with Crippen LogP contribution in [0.25, 0.3) is 0 Å². The largest absolute Gasteiger partial charge is 0.393 e. The molecule has 4 N–H and O–H groups in total. The Morgan fingerprint density at radius 1 is 1.73 bits per heavy atom. The summed E-state index contributed by atoms with van der Waals surface area (Å²) in [7, 11) is 0. The van der Waals surface area contributed by atoms with Gasteiger partial charge in [-0.25, -0.2) is 0 Å². The molecule has 4 heteroatoms. The highest BCUT2D eigenvalue weighted by atomic mass is 16.3. The Labute approximate surface area is 64.4 Å². The summed E-state index contributed by atoms with van der Waals surface area (Å²) in [5, 5.41) is 15.7. The molecule has 1 aromatic rings. The van der Waals surface area contributed by atoms with Crippen molar-refractivity contribution in [1.82, 2.24) is 10.2 Å². The lowest BCUT2D eigenvalue weighted by molar-refractivity contribution is 0.0188. The van der Waals surface area contributed by atoms with Crippen LogP contribution in [-0.4, -0.2) is 21.4 Å². The van der Waals surface area contributed by atoms with E-state index in [1.807, 2.05) is 6.07 Å². The van der Waals surface area contributed by atoms with E-state index in [2.05, 4.69) is 10.2 Å². The van der Waals surface area contributed by atoms with Crippen molar-refractivity contribution in [3.8, 4) is 0 Å². The lowest BCUT2D eigenvalue weighted by Crippen LogP contribution is -2.51. The van der Waals surface area contributed by atoms with Gasteiger partial charge in [-0.2, -0.15) is 5.10 Å². The predicted molar refractivity (Wildman–Crippen MR) is 39.7 cm³/mol. The van der Waals surface area contributed by atoms with E-state index in [0.717, 1.165) is 5.69 Å². The van der Waals surface area contributed by atoms with Crippen LogP contribution >= 0.6 is 0 Å². The van der Waals surface area contributed by atoms with Crippen molar-refractivity contribution < 1.29 is 5.11 Å². The standard InChI is InChI=1S/C7H11N3O/c8-7(3-5(11)4-7)6-1-2-9-10-6/h1-2,5,11H,3-4,8H2,(H,9,10). The number of aliphatic hydroxyl groups is 1. The highest BCUT2D eigenvalue weighted by Gasteiger charge is 2.42. The molecule has 2 rings (SSSR count). The summed E-state index contributed by atoms with van der Waals surface area (Å²) in [6, 6.07) is 1.85. The van der Waals surface area contributed by atoms with Gasteiger partial charge in [0, 0.05) is 6.20 Å². The van der Waals surface area contributed by atoms with E-state index in [0.29, 0.717) is 12.8 Å². The minimum absolute atomic E-state index is 0.233. The van der Waals surface area contributed by atoms with Gasteiger partial charge in [0.2, 0.25) is 0 Å². The predicted octanol–water partition coefficient (Wildman–Crippen LogP) is -0.282. The number of nitrogens with zero attached hydrogens (tertiary/aromatic N) is 1. The molecule has 1 aliphatic carbocycles. The second-order valence-corrected chi connectivity index (χ2v) is 3.19. The van der Waals surface area contributed by atoms with Crippen molar-refractivity contribution in [3.63, 3.8) is 0 Å². The molecule has 0 unspecified atom stereocenters. The van der Waals surface area contributed by atoms with Gasteiger partial charge in [-0.3, -0.25) is 5.10 Å². The zero-order valence-electron chi connectivity index (χ0n) is 6.12. The second-order valence-electron chi connectivity index (χ2n) is 3.19. The van der Waals surface area contributed by atoms with Crippen LogP contribution in [0.5, 0.6) is 0 Å². The maximum Gasteiger partial charge on any atom is 0.0627 e. The monoisotopic (exact) mass is 153 g/mol. The van der Waals surface area contributed by atoms with Crippen molar-refractivity contribution in [3.05, 3.63) is 18.0 Å². The summed E-state index contributed by atoms with van der Waals surface area (Å²) in [6.45, 7) is 0. The quantitative estimate of drug-likeness (QED) is 0.519. The maximum absolute atomic E-state index is 9.07. The van der Waals surface area contributed by atoms with Crippen LogP contribution < -0.4 is 5.73 Å². The average Bonchev–Trinajstić information content (AvgIpc) is 2.34. The van der Waals surface area contributed by atoms with E-state index < -0.39 is 0 Å². The van der Waals surface area contributed by atoms with Crippen molar-refractivity contribution in [2.24, 2.45) is 5.73 Å². The molecule has 1 aromatic heterocycles. The molecule has 0 aromatic carbocycles. The van der Waals surface area contributed by atoms with E-state index in [9.17, 15) is 0 Å². The Balaban J connectivity index is 2.18. The molecule has 11 heavy (non-hydrogen) atoms. The van der Waals surface area contributed by atoms with E-state index in [1.54, 1.807) is 6.20 Å². The van der Waals surface area contributed by atoms with Gasteiger partial charge in [-0.05, 0) is 18.9 Å². The summed E-state index contributed by atoms with van der Waals surface area (Å²) in [6.07, 6.45) is 2.71. The van der Waals surface area contributed by atoms with Crippen LogP contribution in [0.15, 0.2) is 12.3 Å². The molecule has 0 atom stereocenters. The maximum atomic E-state index is 9.07. The molecule has 1 saturated carbocycles. The molecule has 1 aliphatic rings. The number of aliphatic hydroxyl groups excluding tert-OH is 1. The summed E-state index contributed by atoms with van der Waals surface area (Å²) in [5.41, 5.74) is 6.50. The molecule has 0 bridgehead atoms. The van der Waals surface area contributed by atoms with Crippen LogP contribution in [0.3, 0.4) is 0 Å². The van der Waals surface area contributed by atoms with Crippen LogP contribution in [0, 0.1) is 0 Å². The van der Waals surface area contributed by atoms with E-state index >= 15 is 0 Å². The number of nitrogens with two attached hydrogens (primary N) is 1. The third-order valence-electron chi connectivity index (χ3n) is 2.24. The fourth-order valence-electron chi connectivity index (χ4n) is 1.53. The van der Waals surface area contributed by atoms with Crippen molar-refractivity contribution in [2.45, 2.75) is 24.5 Å². The molecule has 1 heterocycles. The lowest BCUT2D eigenvalue weighted by Gasteiger charge is -2.41. The minimum atomic E-state index is -0.351. The highest BCUT2D eigenvalue weighted by molar-refractivity contribution is 5.18. The SMILES string of the molecule is NC1(c2ccn[nH]2)CC(O)C1. The van der Waals surface area contributed by atoms with E-state index in [-0.39, 0.29) is 11.6 Å². The molecule has 0 aliphatic heterocycles. The molecule has 0 spiro atoms. The first-order chi connectivity index (χ1) is 5.21. The van der Waals surface area contributed by atoms with Gasteiger partial charge in [-0.15, -0.1) is 0 Å². The zero-order valence-corrected chi connectivity index (χ0v) is 6.12. The minimum Gasteiger partial charge on any atom is -0.393 e. The summed E-state index contributed by atoms with van der Waals surface area (Å²) >= 11 is 0. The summed E-state index contributed by atoms with van der Waals surface area (Å²) < 4.78 is 0. The number of hydrogen-bond donors (Lipinski definition) is 3. The van der Waals surface area contributed by atoms with Gasteiger partial charge in [0.05, 0.1) is 17.3 Å². The first-order valence-corrected chi connectivity index (χ1v) is 3.67. The van der Waals surface area contributed by atoms with Crippen LogP contribution in [0.1, 0.15) is 18.5 Å². The Morgan fingerprint density at radius 3 is 2.91 bits per heavy atom. The van der Waals surface area contributed by atoms with Crippen LogP contribution in [-0.2, 0) is 5.54 Å². The topological polar surface area (TPSA) is 74.9 Å². The molecular formula is C7H11N3O. The zero-order chi connectivity index (χ0) is 7.90. The Hall–Kier alpha value is -0.870. The van der Waals surface area contributed by atoms with Gasteiger partial charge in [0.15, 0.2) is 0 Å². The number of nitrogens with one attached hydrogen (secondary N) is 1. The van der Waals surface area contributed by atoms with Crippen LogP contribution in [0.2, 0.25) is 0 Å². The van der Waals surface area contributed by atoms with Gasteiger partial charge in [-0.1, -0.05) is 0 Å². The van der Waals surface area contributed by atoms with E-state index in [4.69, 9.17) is 10.8 Å². The molecule has 0 radical (unpaired) electrons. The first-order valence-electron chi connectivity index (χ1n) is 3.67. The first kappa shape index (κ1) is 6.82. The van der Waals surface area contributed by atoms with Gasteiger partial charge in [0.25, 0.3) is 0 Å². The Morgan fingerprint density at radius 2 is 2.45 bits per heavy atom. The fourth-order valence-corrected chi connectivity index (χ4v) is 1.53. The third-order valence-corrected chi connectivity index (χ3v) is 2.24. The number of H-pyrrole nitrogens is 1. The van der Waals surface area contributed by atoms with Gasteiger partial charge < -0.3 is 10.8 Å². The van der Waals surface area contributed by atoms with Crippen LogP contribution in [0.4, 0.5) is 0 Å². The average molecular weight is 153 g/mol. The molecule has 60 valence electrons. The van der Waals surface area contributed by atoms with Crippen molar-refractivity contribution in [1.29, 1.82) is 0 Å². The third kappa shape index (κ3) is 0.948. The second kappa shape index (κ2) is 2.06. The van der Waals surface area contributed by atoms with E-state index in [1.165, 1.54) is 0 Å². The van der Waals surface area contributed by atoms with Gasteiger partial charge >= 0.3 is 0 Å². The van der Waals surface area contributed by atoms with Gasteiger partial charge in [0.1, 0.15) is 0 Å². The number of aromatic nitrogens is 2. The highest BCUT2D eigenvalue weighted by Crippen LogP contribution is 2.37. The molecule has 1 fully saturated rings. The fraction of sp³-hybridized carbons (Fsp3) is 0.571. The smallest absolute Gasteiger partial charge is 0.0627 e. The molecule has 0 saturated heterocycles. The molecule has 0 amide bonds. The lowest BCUT2D eigenvalue weighted by atomic mass is 9.73. The molecular weight excluding hydrogens is 142 g/mol. The Bertz CT molecular complexity index is 238. The molecule has 4 nitrogen and oxygen atoms in total. The number of aromatic amines is 1. The van der Waals surface area contributed by atoms with Crippen molar-refractivity contribution >= 4 is 0 Å². The summed E-state index contributed by atoms with van der Waals surface area (Å²) in [4.78, 5) is 0. The number of hydrogen-bond acceptors (Lipinski definition) is 3. The Kier molecular flexibility index (Phi) is 1.27. The summed E-state index contributed by atoms with van der Waals surface area (Å²) in [5.74, 6) is 0.